The smallest absolute Gasteiger partial charge is 0.335 e. The molecular formula is C16H14O6. The summed E-state index contributed by atoms with van der Waals surface area (Å²) in [6, 6.07) is 12.3. The number of hydrogen-bond acceptors (Lipinski definition) is 4. The van der Waals surface area contributed by atoms with Crippen LogP contribution in [0.2, 0.25) is 0 Å². The van der Waals surface area contributed by atoms with Gasteiger partial charge in [-0.15, -0.1) is 0 Å². The highest BCUT2D eigenvalue weighted by Crippen LogP contribution is 2.13. The van der Waals surface area contributed by atoms with E-state index in [4.69, 9.17) is 20.0 Å². The first-order valence-electron chi connectivity index (χ1n) is 6.51. The Labute approximate surface area is 126 Å². The number of rotatable bonds is 7. The topological polar surface area (TPSA) is 93.1 Å². The van der Waals surface area contributed by atoms with E-state index in [1.807, 2.05) is 0 Å². The Morgan fingerprint density at radius 2 is 1.32 bits per heavy atom. The Balaban J connectivity index is 1.77. The van der Waals surface area contributed by atoms with Gasteiger partial charge in [0.05, 0.1) is 17.7 Å². The molecule has 2 aromatic carbocycles. The van der Waals surface area contributed by atoms with Crippen LogP contribution in [0, 0.1) is 0 Å². The molecule has 0 spiro atoms. The van der Waals surface area contributed by atoms with E-state index < -0.39 is 11.9 Å². The minimum Gasteiger partial charge on any atom is -0.478 e. The maximum atomic E-state index is 10.7. The summed E-state index contributed by atoms with van der Waals surface area (Å²) in [5, 5.41) is 17.5. The molecule has 114 valence electrons. The summed E-state index contributed by atoms with van der Waals surface area (Å²) in [6.07, 6.45) is 0.563. The average Bonchev–Trinajstić information content (AvgIpc) is 2.52. The van der Waals surface area contributed by atoms with Gasteiger partial charge < -0.3 is 15.1 Å². The van der Waals surface area contributed by atoms with Crippen molar-refractivity contribution in [1.29, 1.82) is 0 Å². The Morgan fingerprint density at radius 3 is 1.82 bits per heavy atom. The molecule has 0 atom stereocenters. The van der Waals surface area contributed by atoms with Crippen molar-refractivity contribution in [2.24, 2.45) is 0 Å². The van der Waals surface area contributed by atoms with Crippen molar-refractivity contribution >= 4 is 11.9 Å². The molecule has 0 saturated heterocycles. The zero-order valence-electron chi connectivity index (χ0n) is 11.6. The Bertz CT molecular complexity index is 586. The van der Waals surface area contributed by atoms with Crippen LogP contribution in [0.25, 0.3) is 0 Å². The van der Waals surface area contributed by atoms with Crippen LogP contribution >= 0.6 is 0 Å². The number of carboxylic acid groups (broad SMARTS) is 2. The van der Waals surface area contributed by atoms with Gasteiger partial charge in [-0.05, 0) is 48.4 Å². The lowest BCUT2D eigenvalue weighted by Crippen LogP contribution is -2.03. The largest absolute Gasteiger partial charge is 0.478 e. The highest BCUT2D eigenvalue weighted by molar-refractivity contribution is 5.88. The van der Waals surface area contributed by atoms with Crippen molar-refractivity contribution in [3.05, 3.63) is 65.2 Å². The molecule has 0 aliphatic carbocycles. The molecule has 0 aliphatic heterocycles. The quantitative estimate of drug-likeness (QED) is 0.464. The molecule has 0 amide bonds. The van der Waals surface area contributed by atoms with Crippen LogP contribution < -0.4 is 4.89 Å². The molecule has 2 N–H and O–H groups in total. The van der Waals surface area contributed by atoms with Crippen LogP contribution in [0.4, 0.5) is 0 Å². The van der Waals surface area contributed by atoms with Crippen molar-refractivity contribution < 1.29 is 29.6 Å². The molecule has 0 aliphatic rings. The normalized spacial score (nSPS) is 10.2. The first kappa shape index (κ1) is 15.5. The van der Waals surface area contributed by atoms with Gasteiger partial charge in [0.25, 0.3) is 0 Å². The van der Waals surface area contributed by atoms with E-state index in [2.05, 4.69) is 0 Å². The highest BCUT2D eigenvalue weighted by Gasteiger charge is 2.04. The average molecular weight is 302 g/mol. The Hall–Kier alpha value is -2.86. The van der Waals surface area contributed by atoms with Crippen LogP contribution in [-0.4, -0.2) is 28.8 Å². The third-order valence-corrected chi connectivity index (χ3v) is 2.93. The van der Waals surface area contributed by atoms with Crippen molar-refractivity contribution in [1.82, 2.24) is 0 Å². The molecule has 22 heavy (non-hydrogen) atoms. The number of hydrogen-bond donors (Lipinski definition) is 2. The summed E-state index contributed by atoms with van der Waals surface area (Å²) in [6.45, 7) is 0.285. The molecule has 6 nitrogen and oxygen atoms in total. The van der Waals surface area contributed by atoms with Gasteiger partial charge in [0.1, 0.15) is 0 Å². The second-order valence-electron chi connectivity index (χ2n) is 4.49. The molecule has 6 heteroatoms. The van der Waals surface area contributed by atoms with Crippen molar-refractivity contribution in [3.8, 4) is 5.75 Å². The van der Waals surface area contributed by atoms with Gasteiger partial charge in [0, 0.05) is 0 Å². The molecule has 0 unspecified atom stereocenters. The predicted molar refractivity (Wildman–Crippen MR) is 77.1 cm³/mol. The minimum atomic E-state index is -1.00. The zero-order chi connectivity index (χ0) is 15.9. The van der Waals surface area contributed by atoms with Gasteiger partial charge in [-0.3, -0.25) is 0 Å². The van der Waals surface area contributed by atoms with Crippen LogP contribution in [0.1, 0.15) is 26.3 Å². The second-order valence-corrected chi connectivity index (χ2v) is 4.49. The van der Waals surface area contributed by atoms with E-state index in [-0.39, 0.29) is 17.7 Å². The molecule has 0 saturated carbocycles. The standard InChI is InChI=1S/C16H14O6/c17-15(18)12-3-1-11(2-4-12)9-10-21-22-14-7-5-13(6-8-14)16(19)20/h1-8H,9-10H2,(H,17,18)(H,19,20). The van der Waals surface area contributed by atoms with Gasteiger partial charge in [-0.1, -0.05) is 12.1 Å². The summed E-state index contributed by atoms with van der Waals surface area (Å²) < 4.78 is 0. The summed E-state index contributed by atoms with van der Waals surface area (Å²) in [4.78, 5) is 31.5. The molecule has 2 rings (SSSR count). The van der Waals surface area contributed by atoms with Gasteiger partial charge in [-0.25, -0.2) is 9.59 Å². The summed E-state index contributed by atoms with van der Waals surface area (Å²) in [5.41, 5.74) is 1.33. The van der Waals surface area contributed by atoms with Gasteiger partial charge >= 0.3 is 11.9 Å². The lowest BCUT2D eigenvalue weighted by Gasteiger charge is -2.05. The molecule has 2 aromatic rings. The Morgan fingerprint density at radius 1 is 0.818 bits per heavy atom. The van der Waals surface area contributed by atoms with Crippen molar-refractivity contribution in [3.63, 3.8) is 0 Å². The van der Waals surface area contributed by atoms with Crippen molar-refractivity contribution in [2.45, 2.75) is 6.42 Å². The summed E-state index contributed by atoms with van der Waals surface area (Å²) in [5.74, 6) is -1.56. The molecule has 0 bridgehead atoms. The van der Waals surface area contributed by atoms with E-state index in [0.29, 0.717) is 12.2 Å². The second kappa shape index (κ2) is 7.24. The van der Waals surface area contributed by atoms with E-state index in [9.17, 15) is 9.59 Å². The van der Waals surface area contributed by atoms with Crippen molar-refractivity contribution in [2.75, 3.05) is 6.61 Å². The number of aromatic carboxylic acids is 2. The minimum absolute atomic E-state index is 0.172. The molecular weight excluding hydrogens is 288 g/mol. The highest BCUT2D eigenvalue weighted by atomic mass is 17.2. The number of carboxylic acids is 2. The fraction of sp³-hybridized carbons (Fsp3) is 0.125. The first-order chi connectivity index (χ1) is 10.6. The molecule has 0 heterocycles. The lowest BCUT2D eigenvalue weighted by molar-refractivity contribution is -0.205. The fourth-order valence-electron chi connectivity index (χ4n) is 1.74. The predicted octanol–water partition coefficient (Wildman–Crippen LogP) is 2.64. The van der Waals surface area contributed by atoms with E-state index in [0.717, 1.165) is 5.56 Å². The third kappa shape index (κ3) is 4.32. The maximum absolute atomic E-state index is 10.7. The van der Waals surface area contributed by atoms with Crippen LogP contribution in [0.5, 0.6) is 5.75 Å². The van der Waals surface area contributed by atoms with Gasteiger partial charge in [0.2, 0.25) is 0 Å². The van der Waals surface area contributed by atoms with E-state index in [1.165, 1.54) is 36.4 Å². The molecule has 0 fully saturated rings. The van der Waals surface area contributed by atoms with Crippen LogP contribution in [0.3, 0.4) is 0 Å². The van der Waals surface area contributed by atoms with Gasteiger partial charge in [-0.2, -0.15) is 4.89 Å². The summed E-state index contributed by atoms with van der Waals surface area (Å²) in [7, 11) is 0. The lowest BCUT2D eigenvalue weighted by atomic mass is 10.1. The van der Waals surface area contributed by atoms with Crippen LogP contribution in [0.15, 0.2) is 48.5 Å². The third-order valence-electron chi connectivity index (χ3n) is 2.93. The molecule has 0 aromatic heterocycles. The SMILES string of the molecule is O=C(O)c1ccc(CCOOc2ccc(C(=O)O)cc2)cc1. The van der Waals surface area contributed by atoms with E-state index in [1.54, 1.807) is 12.1 Å². The summed E-state index contributed by atoms with van der Waals surface area (Å²) >= 11 is 0. The molecule has 0 radical (unpaired) electrons. The fourth-order valence-corrected chi connectivity index (χ4v) is 1.74. The maximum Gasteiger partial charge on any atom is 0.335 e. The number of carbonyl (C=O) groups is 2. The van der Waals surface area contributed by atoms with Crippen LogP contribution in [-0.2, 0) is 11.3 Å². The first-order valence-corrected chi connectivity index (χ1v) is 6.51. The monoisotopic (exact) mass is 302 g/mol. The Kier molecular flexibility index (Phi) is 5.11. The van der Waals surface area contributed by atoms with E-state index >= 15 is 0 Å². The zero-order valence-corrected chi connectivity index (χ0v) is 11.6. The van der Waals surface area contributed by atoms with Gasteiger partial charge in [0.15, 0.2) is 5.75 Å². The number of benzene rings is 2.